The van der Waals surface area contributed by atoms with Gasteiger partial charge < -0.3 is 24.8 Å². The minimum absolute atomic E-state index is 0. The van der Waals surface area contributed by atoms with E-state index in [-0.39, 0.29) is 24.4 Å². The van der Waals surface area contributed by atoms with Gasteiger partial charge in [-0.3, -0.25) is 4.79 Å². The van der Waals surface area contributed by atoms with E-state index in [2.05, 4.69) is 24.5 Å². The number of ether oxygens (including phenoxy) is 3. The first-order valence-electron chi connectivity index (χ1n) is 10.0. The highest BCUT2D eigenvalue weighted by molar-refractivity contribution is 5.86. The van der Waals surface area contributed by atoms with Crippen molar-refractivity contribution in [2.75, 3.05) is 33.4 Å². The summed E-state index contributed by atoms with van der Waals surface area (Å²) in [6, 6.07) is 5.72. The zero-order valence-corrected chi connectivity index (χ0v) is 18.3. The van der Waals surface area contributed by atoms with E-state index in [9.17, 15) is 4.79 Å². The maximum absolute atomic E-state index is 12.9. The monoisotopic (exact) mass is 414 g/mol. The van der Waals surface area contributed by atoms with Crippen molar-refractivity contribution in [1.29, 1.82) is 0 Å². The minimum atomic E-state index is -0.745. The molecule has 1 aliphatic rings. The number of benzene rings is 1. The number of carbonyl (C=O) groups is 1. The Hall–Kier alpha value is -1.50. The molecule has 1 unspecified atom stereocenters. The predicted molar refractivity (Wildman–Crippen MR) is 114 cm³/mol. The van der Waals surface area contributed by atoms with Gasteiger partial charge in [0.25, 0.3) is 5.91 Å². The third kappa shape index (κ3) is 6.26. The Morgan fingerprint density at radius 2 is 1.75 bits per heavy atom. The standard InChI is InChI=1S/C21H34N2O4.ClH/c1-5-13-26-18-8-7-17(15-19(18)27-14-6-2)16(3)23-20(24)21(25-4)9-11-22-12-10-21;/h7-8,15-16,22H,5-6,9-14H2,1-4H3,(H,23,24);1H. The van der Waals surface area contributed by atoms with Crippen LogP contribution in [0.4, 0.5) is 0 Å². The highest BCUT2D eigenvalue weighted by Gasteiger charge is 2.40. The summed E-state index contributed by atoms with van der Waals surface area (Å²) >= 11 is 0. The molecule has 0 saturated carbocycles. The molecule has 7 heteroatoms. The molecule has 1 aliphatic heterocycles. The van der Waals surface area contributed by atoms with Crippen molar-refractivity contribution >= 4 is 18.3 Å². The molecule has 0 radical (unpaired) electrons. The first-order valence-corrected chi connectivity index (χ1v) is 10.0. The number of nitrogens with one attached hydrogen (secondary N) is 2. The Balaban J connectivity index is 0.00000392. The zero-order chi connectivity index (χ0) is 19.7. The molecule has 1 saturated heterocycles. The Labute approximate surface area is 175 Å². The third-order valence-electron chi connectivity index (χ3n) is 4.95. The van der Waals surface area contributed by atoms with Gasteiger partial charge in [-0.25, -0.2) is 0 Å². The first kappa shape index (κ1) is 24.5. The average Bonchev–Trinajstić information content (AvgIpc) is 2.71. The van der Waals surface area contributed by atoms with E-state index in [1.165, 1.54) is 0 Å². The average molecular weight is 415 g/mol. The van der Waals surface area contributed by atoms with Crippen LogP contribution in [0.25, 0.3) is 0 Å². The van der Waals surface area contributed by atoms with Crippen LogP contribution < -0.4 is 20.1 Å². The lowest BCUT2D eigenvalue weighted by Crippen LogP contribution is -2.54. The molecule has 0 bridgehead atoms. The van der Waals surface area contributed by atoms with Gasteiger partial charge in [0.2, 0.25) is 0 Å². The molecule has 2 rings (SSSR count). The highest BCUT2D eigenvalue weighted by atomic mass is 35.5. The fraction of sp³-hybridized carbons (Fsp3) is 0.667. The lowest BCUT2D eigenvalue weighted by molar-refractivity contribution is -0.147. The van der Waals surface area contributed by atoms with Crippen LogP contribution in [-0.4, -0.2) is 44.9 Å². The van der Waals surface area contributed by atoms with E-state index in [1.54, 1.807) is 7.11 Å². The first-order chi connectivity index (χ1) is 13.1. The lowest BCUT2D eigenvalue weighted by Gasteiger charge is -2.35. The SMILES string of the molecule is CCCOc1ccc(C(C)NC(=O)C2(OC)CCNCC2)cc1OCCC.Cl. The van der Waals surface area contributed by atoms with Crippen LogP contribution in [0.1, 0.15) is 58.1 Å². The normalized spacial score (nSPS) is 16.6. The third-order valence-corrected chi connectivity index (χ3v) is 4.95. The molecule has 1 amide bonds. The minimum Gasteiger partial charge on any atom is -0.490 e. The van der Waals surface area contributed by atoms with Gasteiger partial charge in [0.1, 0.15) is 5.60 Å². The summed E-state index contributed by atoms with van der Waals surface area (Å²) in [5.41, 5.74) is 0.240. The van der Waals surface area contributed by atoms with E-state index >= 15 is 0 Å². The van der Waals surface area contributed by atoms with Crippen LogP contribution in [0, 0.1) is 0 Å². The van der Waals surface area contributed by atoms with Crippen LogP contribution >= 0.6 is 12.4 Å². The molecule has 1 heterocycles. The quantitative estimate of drug-likeness (QED) is 0.611. The second kappa shape index (κ2) is 12.1. The number of hydrogen-bond donors (Lipinski definition) is 2. The van der Waals surface area contributed by atoms with E-state index in [0.29, 0.717) is 26.1 Å². The molecule has 160 valence electrons. The fourth-order valence-electron chi connectivity index (χ4n) is 3.22. The van der Waals surface area contributed by atoms with Gasteiger partial charge in [-0.1, -0.05) is 19.9 Å². The summed E-state index contributed by atoms with van der Waals surface area (Å²) in [5, 5.41) is 6.39. The maximum atomic E-state index is 12.9. The Kier molecular flexibility index (Phi) is 10.6. The largest absolute Gasteiger partial charge is 0.490 e. The van der Waals surface area contributed by atoms with Crippen LogP contribution in [0.2, 0.25) is 0 Å². The Morgan fingerprint density at radius 3 is 2.32 bits per heavy atom. The van der Waals surface area contributed by atoms with Gasteiger partial charge in [-0.05, 0) is 63.4 Å². The van der Waals surface area contributed by atoms with Crippen LogP contribution in [0.3, 0.4) is 0 Å². The van der Waals surface area contributed by atoms with Gasteiger partial charge in [-0.15, -0.1) is 12.4 Å². The van der Waals surface area contributed by atoms with E-state index in [1.807, 2.05) is 25.1 Å². The second-order valence-corrected chi connectivity index (χ2v) is 7.05. The van der Waals surface area contributed by atoms with Crippen molar-refractivity contribution < 1.29 is 19.0 Å². The van der Waals surface area contributed by atoms with E-state index in [4.69, 9.17) is 14.2 Å². The molecule has 0 aromatic heterocycles. The molecule has 6 nitrogen and oxygen atoms in total. The highest BCUT2D eigenvalue weighted by Crippen LogP contribution is 2.32. The number of hydrogen-bond acceptors (Lipinski definition) is 5. The van der Waals surface area contributed by atoms with Gasteiger partial charge in [0.15, 0.2) is 11.5 Å². The molecule has 28 heavy (non-hydrogen) atoms. The summed E-state index contributed by atoms with van der Waals surface area (Å²) in [4.78, 5) is 12.9. The number of halogens is 1. The van der Waals surface area contributed by atoms with E-state index < -0.39 is 5.60 Å². The smallest absolute Gasteiger partial charge is 0.252 e. The molecular weight excluding hydrogens is 380 g/mol. The molecule has 0 spiro atoms. The van der Waals surface area contributed by atoms with Crippen molar-refractivity contribution in [3.8, 4) is 11.5 Å². The van der Waals surface area contributed by atoms with Gasteiger partial charge in [0.05, 0.1) is 19.3 Å². The van der Waals surface area contributed by atoms with Crippen molar-refractivity contribution in [2.24, 2.45) is 0 Å². The van der Waals surface area contributed by atoms with E-state index in [0.717, 1.165) is 43.0 Å². The van der Waals surface area contributed by atoms with Crippen LogP contribution in [-0.2, 0) is 9.53 Å². The van der Waals surface area contributed by atoms with Crippen molar-refractivity contribution in [2.45, 2.75) is 58.1 Å². The summed E-state index contributed by atoms with van der Waals surface area (Å²) in [6.45, 7) is 8.98. The van der Waals surface area contributed by atoms with Crippen LogP contribution in [0.5, 0.6) is 11.5 Å². The molecular formula is C21H35ClN2O4. The molecule has 0 aliphatic carbocycles. The predicted octanol–water partition coefficient (Wildman–Crippen LogP) is 3.63. The summed E-state index contributed by atoms with van der Waals surface area (Å²) in [6.07, 6.45) is 3.22. The van der Waals surface area contributed by atoms with Crippen LogP contribution in [0.15, 0.2) is 18.2 Å². The van der Waals surface area contributed by atoms with Gasteiger partial charge in [-0.2, -0.15) is 0 Å². The molecule has 1 fully saturated rings. The summed E-state index contributed by atoms with van der Waals surface area (Å²) in [5.74, 6) is 1.42. The number of methoxy groups -OCH3 is 1. The van der Waals surface area contributed by atoms with Gasteiger partial charge >= 0.3 is 0 Å². The van der Waals surface area contributed by atoms with Crippen molar-refractivity contribution in [1.82, 2.24) is 10.6 Å². The fourth-order valence-corrected chi connectivity index (χ4v) is 3.22. The topological polar surface area (TPSA) is 68.8 Å². The zero-order valence-electron chi connectivity index (χ0n) is 17.5. The maximum Gasteiger partial charge on any atom is 0.252 e. The van der Waals surface area contributed by atoms with Crippen molar-refractivity contribution in [3.05, 3.63) is 23.8 Å². The summed E-state index contributed by atoms with van der Waals surface area (Å²) < 4.78 is 17.3. The van der Waals surface area contributed by atoms with Crippen molar-refractivity contribution in [3.63, 3.8) is 0 Å². The number of carbonyl (C=O) groups excluding carboxylic acids is 1. The molecule has 1 atom stereocenters. The molecule has 2 N–H and O–H groups in total. The Bertz CT molecular complexity index is 606. The second-order valence-electron chi connectivity index (χ2n) is 7.05. The number of piperidine rings is 1. The molecule has 1 aromatic rings. The lowest BCUT2D eigenvalue weighted by atomic mass is 9.90. The number of rotatable bonds is 10. The number of amides is 1. The molecule has 1 aromatic carbocycles. The van der Waals surface area contributed by atoms with Gasteiger partial charge in [0, 0.05) is 7.11 Å². The Morgan fingerprint density at radius 1 is 1.14 bits per heavy atom. The summed E-state index contributed by atoms with van der Waals surface area (Å²) in [7, 11) is 1.62.